The Morgan fingerprint density at radius 2 is 1.83 bits per heavy atom. The van der Waals surface area contributed by atoms with Crippen LogP contribution in [0.3, 0.4) is 0 Å². The summed E-state index contributed by atoms with van der Waals surface area (Å²) in [6, 6.07) is 13.6. The lowest BCUT2D eigenvalue weighted by atomic mass is 9.93. The van der Waals surface area contributed by atoms with E-state index in [0.717, 1.165) is 47.5 Å². The lowest BCUT2D eigenvalue weighted by Gasteiger charge is -2.12. The number of amides is 2. The number of nitrogens with one attached hydrogen (secondary N) is 3. The maximum atomic E-state index is 15.0. The number of fused-ring (bicyclic) bond motifs is 1. The summed E-state index contributed by atoms with van der Waals surface area (Å²) >= 11 is 0. The van der Waals surface area contributed by atoms with Crippen LogP contribution in [-0.2, 0) is 11.8 Å². The van der Waals surface area contributed by atoms with Gasteiger partial charge in [0.2, 0.25) is 0 Å². The third-order valence-electron chi connectivity index (χ3n) is 6.74. The molecule has 0 unspecified atom stereocenters. The first-order chi connectivity index (χ1) is 20.2. The molecule has 11 heteroatoms. The summed E-state index contributed by atoms with van der Waals surface area (Å²) in [7, 11) is 0. The molecule has 0 radical (unpaired) electrons. The van der Waals surface area contributed by atoms with E-state index >= 15 is 4.39 Å². The molecule has 0 atom stereocenters. The average molecular weight is 572 g/mol. The lowest BCUT2D eigenvalue weighted by molar-refractivity contribution is 0.261. The van der Waals surface area contributed by atoms with E-state index in [1.807, 2.05) is 49.6 Å². The van der Waals surface area contributed by atoms with Crippen LogP contribution in [0.2, 0.25) is 0 Å². The molecular formula is C31H34FN7O3. The Balaban J connectivity index is 1.27. The summed E-state index contributed by atoms with van der Waals surface area (Å²) in [6.07, 6.45) is 7.17. The Bertz CT molecular complexity index is 1690. The van der Waals surface area contributed by atoms with Crippen LogP contribution in [-0.4, -0.2) is 50.4 Å². The molecule has 0 fully saturated rings. The van der Waals surface area contributed by atoms with Crippen molar-refractivity contribution in [2.24, 2.45) is 0 Å². The van der Waals surface area contributed by atoms with Gasteiger partial charge in [-0.2, -0.15) is 0 Å². The number of aromatic nitrogens is 4. The predicted molar refractivity (Wildman–Crippen MR) is 160 cm³/mol. The quantitative estimate of drug-likeness (QED) is 0.160. The van der Waals surface area contributed by atoms with E-state index in [4.69, 9.17) is 9.63 Å². The van der Waals surface area contributed by atoms with Crippen LogP contribution >= 0.6 is 0 Å². The Labute approximate surface area is 243 Å². The second kappa shape index (κ2) is 12.5. The molecule has 0 spiro atoms. The van der Waals surface area contributed by atoms with E-state index in [0.29, 0.717) is 17.9 Å². The summed E-state index contributed by atoms with van der Waals surface area (Å²) in [5.41, 5.74) is 4.86. The first-order valence-corrected chi connectivity index (χ1v) is 13.8. The molecule has 10 nitrogen and oxygen atoms in total. The van der Waals surface area contributed by atoms with E-state index in [9.17, 15) is 4.79 Å². The number of hydrogen-bond acceptors (Lipinski definition) is 7. The van der Waals surface area contributed by atoms with E-state index in [-0.39, 0.29) is 23.5 Å². The molecule has 0 saturated heterocycles. The fourth-order valence-electron chi connectivity index (χ4n) is 4.50. The van der Waals surface area contributed by atoms with E-state index in [1.54, 1.807) is 24.5 Å². The first kappa shape index (κ1) is 28.9. The highest BCUT2D eigenvalue weighted by Crippen LogP contribution is 2.28. The molecule has 0 aliphatic carbocycles. The molecule has 5 aromatic rings. The zero-order valence-corrected chi connectivity index (χ0v) is 23.8. The number of aliphatic hydroxyl groups is 1. The van der Waals surface area contributed by atoms with Crippen molar-refractivity contribution in [3.05, 3.63) is 84.4 Å². The molecule has 42 heavy (non-hydrogen) atoms. The topological polar surface area (TPSA) is 130 Å². The summed E-state index contributed by atoms with van der Waals surface area (Å²) in [6.45, 7) is 7.45. The molecule has 0 bridgehead atoms. The SMILES string of the molecule is CC(C)(C)c1cc(NC(=O)Nc2ccc(-c3cnc4cc(-c5ccnc(CCCNCCO)c5)ccn34)cc2F)no1. The van der Waals surface area contributed by atoms with Crippen molar-refractivity contribution in [2.75, 3.05) is 30.3 Å². The van der Waals surface area contributed by atoms with Crippen LogP contribution in [0, 0.1) is 5.82 Å². The predicted octanol–water partition coefficient (Wildman–Crippen LogP) is 5.65. The number of hydrogen-bond donors (Lipinski definition) is 4. The molecule has 2 amide bonds. The number of benzene rings is 1. The molecule has 218 valence electrons. The van der Waals surface area contributed by atoms with Gasteiger partial charge in [0.25, 0.3) is 0 Å². The smallest absolute Gasteiger partial charge is 0.325 e. The zero-order chi connectivity index (χ0) is 29.7. The molecule has 4 heterocycles. The van der Waals surface area contributed by atoms with Gasteiger partial charge in [-0.3, -0.25) is 14.7 Å². The summed E-state index contributed by atoms with van der Waals surface area (Å²) in [5, 5.41) is 21.0. The Morgan fingerprint density at radius 3 is 2.60 bits per heavy atom. The van der Waals surface area contributed by atoms with Crippen molar-refractivity contribution in [2.45, 2.75) is 39.0 Å². The normalized spacial score (nSPS) is 11.6. The summed E-state index contributed by atoms with van der Waals surface area (Å²) in [5.74, 6) is 0.285. The van der Waals surface area contributed by atoms with Gasteiger partial charge in [0.1, 0.15) is 17.2 Å². The van der Waals surface area contributed by atoms with Crippen molar-refractivity contribution >= 4 is 23.2 Å². The standard InChI is InChI=1S/C31H34FN7O3/c1-31(2,3)27-18-28(38-42-27)37-30(41)36-25-7-6-22(16-24(25)32)26-19-35-29-17-21(9-13-39(26)29)20-8-11-34-23(15-20)5-4-10-33-12-14-40/h6-9,11,13,15-19,33,40H,4-5,10,12,14H2,1-3H3,(H2,36,37,38,41). The number of nitrogens with zero attached hydrogens (tertiary/aromatic N) is 4. The number of urea groups is 1. The highest BCUT2D eigenvalue weighted by Gasteiger charge is 2.20. The van der Waals surface area contributed by atoms with Crippen molar-refractivity contribution in [3.63, 3.8) is 0 Å². The van der Waals surface area contributed by atoms with Crippen LogP contribution in [0.5, 0.6) is 0 Å². The van der Waals surface area contributed by atoms with Gasteiger partial charge in [0.05, 0.1) is 24.2 Å². The first-order valence-electron chi connectivity index (χ1n) is 13.8. The second-order valence-corrected chi connectivity index (χ2v) is 11.0. The van der Waals surface area contributed by atoms with Gasteiger partial charge in [-0.15, -0.1) is 0 Å². The minimum absolute atomic E-state index is 0.0320. The number of imidazole rings is 1. The molecular weight excluding hydrogens is 537 g/mol. The van der Waals surface area contributed by atoms with Gasteiger partial charge in [-0.05, 0) is 66.9 Å². The van der Waals surface area contributed by atoms with Gasteiger partial charge < -0.3 is 20.3 Å². The van der Waals surface area contributed by atoms with Crippen LogP contribution in [0.25, 0.3) is 28.0 Å². The van der Waals surface area contributed by atoms with Crippen LogP contribution in [0.4, 0.5) is 20.7 Å². The second-order valence-electron chi connectivity index (χ2n) is 11.0. The van der Waals surface area contributed by atoms with E-state index < -0.39 is 11.8 Å². The minimum Gasteiger partial charge on any atom is -0.395 e. The van der Waals surface area contributed by atoms with Crippen LogP contribution in [0.1, 0.15) is 38.6 Å². The van der Waals surface area contributed by atoms with Crippen LogP contribution in [0.15, 0.2) is 71.6 Å². The molecule has 0 aliphatic rings. The summed E-state index contributed by atoms with van der Waals surface area (Å²) in [4.78, 5) is 21.5. The lowest BCUT2D eigenvalue weighted by Crippen LogP contribution is -2.20. The van der Waals surface area contributed by atoms with E-state index in [2.05, 4.69) is 37.1 Å². The summed E-state index contributed by atoms with van der Waals surface area (Å²) < 4.78 is 22.2. The number of rotatable bonds is 10. The van der Waals surface area contributed by atoms with E-state index in [1.165, 1.54) is 12.1 Å². The number of pyridine rings is 2. The maximum absolute atomic E-state index is 15.0. The van der Waals surface area contributed by atoms with Crippen molar-refractivity contribution in [1.82, 2.24) is 24.8 Å². The maximum Gasteiger partial charge on any atom is 0.325 e. The number of aliphatic hydroxyl groups excluding tert-OH is 1. The van der Waals surface area contributed by atoms with Gasteiger partial charge in [0.15, 0.2) is 5.82 Å². The number of aryl methyl sites for hydroxylation is 1. The van der Waals surface area contributed by atoms with Crippen molar-refractivity contribution in [1.29, 1.82) is 0 Å². The number of carbonyl (C=O) groups is 1. The van der Waals surface area contributed by atoms with Crippen molar-refractivity contribution in [3.8, 4) is 22.4 Å². The fourth-order valence-corrected chi connectivity index (χ4v) is 4.50. The third-order valence-corrected chi connectivity index (χ3v) is 6.74. The Hall–Kier alpha value is -4.61. The fraction of sp³-hybridized carbons (Fsp3) is 0.290. The van der Waals surface area contributed by atoms with Gasteiger partial charge in [-0.25, -0.2) is 14.2 Å². The molecule has 4 aromatic heterocycles. The molecule has 4 N–H and O–H groups in total. The molecule has 5 rings (SSSR count). The number of halogens is 1. The highest BCUT2D eigenvalue weighted by molar-refractivity contribution is 5.99. The Morgan fingerprint density at radius 1 is 1.00 bits per heavy atom. The zero-order valence-electron chi connectivity index (χ0n) is 23.8. The molecule has 0 aliphatic heterocycles. The van der Waals surface area contributed by atoms with Gasteiger partial charge in [0, 0.05) is 41.7 Å². The van der Waals surface area contributed by atoms with Crippen molar-refractivity contribution < 1.29 is 18.8 Å². The van der Waals surface area contributed by atoms with Gasteiger partial charge in [-0.1, -0.05) is 32.0 Å². The number of carbonyl (C=O) groups excluding carboxylic acids is 1. The van der Waals surface area contributed by atoms with Crippen LogP contribution < -0.4 is 16.0 Å². The highest BCUT2D eigenvalue weighted by atomic mass is 19.1. The average Bonchev–Trinajstić information content (AvgIpc) is 3.61. The Kier molecular flexibility index (Phi) is 8.60. The monoisotopic (exact) mass is 571 g/mol. The number of anilines is 2. The minimum atomic E-state index is -0.629. The molecule has 0 saturated carbocycles. The largest absolute Gasteiger partial charge is 0.395 e. The van der Waals surface area contributed by atoms with Gasteiger partial charge >= 0.3 is 6.03 Å². The molecule has 1 aromatic carbocycles. The third kappa shape index (κ3) is 6.81.